The molecule has 0 aliphatic rings. The van der Waals surface area contributed by atoms with Crippen molar-refractivity contribution in [1.82, 2.24) is 4.57 Å². The van der Waals surface area contributed by atoms with Crippen molar-refractivity contribution in [3.8, 4) is 0 Å². The highest BCUT2D eigenvalue weighted by Gasteiger charge is 2.05. The highest BCUT2D eigenvalue weighted by molar-refractivity contribution is 9.10. The third-order valence-electron chi connectivity index (χ3n) is 2.33. The molecule has 1 heterocycles. The monoisotopic (exact) mass is 331 g/mol. The van der Waals surface area contributed by atoms with E-state index in [0.717, 1.165) is 5.56 Å². The molecule has 0 unspecified atom stereocenters. The van der Waals surface area contributed by atoms with E-state index in [9.17, 15) is 4.79 Å². The Balaban J connectivity index is 2.38. The third-order valence-corrected chi connectivity index (χ3v) is 3.52. The molecule has 88 valence electrons. The SMILES string of the molecule is O=c1c(Br)cccn1Cc1ccc(Cl)cc1Cl. The Bertz CT molecular complexity index is 610. The minimum Gasteiger partial charge on any atom is -0.310 e. The van der Waals surface area contributed by atoms with E-state index in [1.165, 1.54) is 0 Å². The zero-order chi connectivity index (χ0) is 12.4. The van der Waals surface area contributed by atoms with Crippen molar-refractivity contribution < 1.29 is 0 Å². The summed E-state index contributed by atoms with van der Waals surface area (Å²) in [5.41, 5.74) is 0.773. The Labute approximate surface area is 117 Å². The van der Waals surface area contributed by atoms with Gasteiger partial charge in [0, 0.05) is 16.2 Å². The molecule has 5 heteroatoms. The summed E-state index contributed by atoms with van der Waals surface area (Å²) in [6.45, 7) is 0.425. The van der Waals surface area contributed by atoms with Gasteiger partial charge in [0.25, 0.3) is 5.56 Å². The van der Waals surface area contributed by atoms with Crippen LogP contribution >= 0.6 is 39.1 Å². The highest BCUT2D eigenvalue weighted by Crippen LogP contribution is 2.21. The molecule has 1 aromatic carbocycles. The van der Waals surface area contributed by atoms with Crippen molar-refractivity contribution >= 4 is 39.1 Å². The number of hydrogen-bond donors (Lipinski definition) is 0. The molecule has 0 aliphatic carbocycles. The van der Waals surface area contributed by atoms with Crippen LogP contribution < -0.4 is 5.56 Å². The van der Waals surface area contributed by atoms with Crippen LogP contribution in [0.15, 0.2) is 45.8 Å². The van der Waals surface area contributed by atoms with Gasteiger partial charge in [-0.05, 0) is 45.8 Å². The number of pyridine rings is 1. The van der Waals surface area contributed by atoms with E-state index in [-0.39, 0.29) is 5.56 Å². The van der Waals surface area contributed by atoms with Gasteiger partial charge in [0.15, 0.2) is 0 Å². The lowest BCUT2D eigenvalue weighted by atomic mass is 10.2. The summed E-state index contributed by atoms with van der Waals surface area (Å²) in [7, 11) is 0. The summed E-state index contributed by atoms with van der Waals surface area (Å²) in [5, 5.41) is 1.14. The molecule has 0 atom stereocenters. The molecule has 0 amide bonds. The van der Waals surface area contributed by atoms with Crippen molar-refractivity contribution in [2.24, 2.45) is 0 Å². The summed E-state index contributed by atoms with van der Waals surface area (Å²) in [6, 6.07) is 8.75. The van der Waals surface area contributed by atoms with Crippen molar-refractivity contribution in [3.05, 3.63) is 67.0 Å². The van der Waals surface area contributed by atoms with E-state index in [1.54, 1.807) is 35.0 Å². The van der Waals surface area contributed by atoms with Crippen molar-refractivity contribution in [2.75, 3.05) is 0 Å². The average Bonchev–Trinajstić information content (AvgIpc) is 2.28. The Morgan fingerprint density at radius 2 is 2.00 bits per heavy atom. The molecule has 2 nitrogen and oxygen atoms in total. The summed E-state index contributed by atoms with van der Waals surface area (Å²) in [6.07, 6.45) is 1.72. The van der Waals surface area contributed by atoms with Crippen LogP contribution in [0.1, 0.15) is 5.56 Å². The summed E-state index contributed by atoms with van der Waals surface area (Å²) in [5.74, 6) is 0. The highest BCUT2D eigenvalue weighted by atomic mass is 79.9. The second-order valence-corrected chi connectivity index (χ2v) is 5.22. The lowest BCUT2D eigenvalue weighted by Gasteiger charge is -2.08. The lowest BCUT2D eigenvalue weighted by molar-refractivity contribution is 0.755. The van der Waals surface area contributed by atoms with Crippen molar-refractivity contribution in [2.45, 2.75) is 6.54 Å². The number of nitrogens with zero attached hydrogens (tertiary/aromatic N) is 1. The molecule has 0 bridgehead atoms. The minimum absolute atomic E-state index is 0.0847. The second kappa shape index (κ2) is 5.25. The van der Waals surface area contributed by atoms with Crippen LogP contribution in [0.4, 0.5) is 0 Å². The van der Waals surface area contributed by atoms with Crippen LogP contribution in [0, 0.1) is 0 Å². The van der Waals surface area contributed by atoms with Gasteiger partial charge >= 0.3 is 0 Å². The molecule has 0 spiro atoms. The van der Waals surface area contributed by atoms with Gasteiger partial charge in [-0.2, -0.15) is 0 Å². The first-order valence-electron chi connectivity index (χ1n) is 4.87. The number of hydrogen-bond acceptors (Lipinski definition) is 1. The van der Waals surface area contributed by atoms with Gasteiger partial charge < -0.3 is 4.57 Å². The predicted molar refractivity (Wildman–Crippen MR) is 74.0 cm³/mol. The molecular weight excluding hydrogens is 325 g/mol. The van der Waals surface area contributed by atoms with Gasteiger partial charge in [0.1, 0.15) is 0 Å². The first-order chi connectivity index (χ1) is 8.08. The number of aromatic nitrogens is 1. The van der Waals surface area contributed by atoms with Crippen LogP contribution in [-0.4, -0.2) is 4.57 Å². The fourth-order valence-electron chi connectivity index (χ4n) is 1.47. The van der Waals surface area contributed by atoms with Crippen LogP contribution in [0.2, 0.25) is 10.0 Å². The Morgan fingerprint density at radius 3 is 2.71 bits per heavy atom. The van der Waals surface area contributed by atoms with Gasteiger partial charge in [-0.15, -0.1) is 0 Å². The normalized spacial score (nSPS) is 10.5. The van der Waals surface area contributed by atoms with Gasteiger partial charge in [0.2, 0.25) is 0 Å². The largest absolute Gasteiger partial charge is 0.310 e. The molecule has 0 fully saturated rings. The molecule has 0 N–H and O–H groups in total. The third kappa shape index (κ3) is 2.92. The maximum atomic E-state index is 11.8. The van der Waals surface area contributed by atoms with Gasteiger partial charge in [-0.25, -0.2) is 0 Å². The minimum atomic E-state index is -0.0847. The maximum absolute atomic E-state index is 11.8. The van der Waals surface area contributed by atoms with E-state index in [4.69, 9.17) is 23.2 Å². The van der Waals surface area contributed by atoms with E-state index < -0.39 is 0 Å². The van der Waals surface area contributed by atoms with Crippen LogP contribution in [-0.2, 0) is 6.54 Å². The molecule has 2 aromatic rings. The molecule has 17 heavy (non-hydrogen) atoms. The standard InChI is InChI=1S/C12H8BrCl2NO/c13-10-2-1-5-16(12(10)17)7-8-3-4-9(14)6-11(8)15/h1-6H,7H2. The molecule has 0 aliphatic heterocycles. The summed E-state index contributed by atoms with van der Waals surface area (Å²) < 4.78 is 2.12. The lowest BCUT2D eigenvalue weighted by Crippen LogP contribution is -2.20. The number of benzene rings is 1. The van der Waals surface area contributed by atoms with E-state index in [0.29, 0.717) is 21.1 Å². The maximum Gasteiger partial charge on any atom is 0.265 e. The first-order valence-corrected chi connectivity index (χ1v) is 6.41. The first kappa shape index (κ1) is 12.7. The predicted octanol–water partition coefficient (Wildman–Crippen LogP) is 3.97. The smallest absolute Gasteiger partial charge is 0.265 e. The molecular formula is C12H8BrCl2NO. The van der Waals surface area contributed by atoms with E-state index >= 15 is 0 Å². The Hall–Kier alpha value is -0.770. The Morgan fingerprint density at radius 1 is 1.24 bits per heavy atom. The van der Waals surface area contributed by atoms with Crippen LogP contribution in [0.5, 0.6) is 0 Å². The zero-order valence-corrected chi connectivity index (χ0v) is 11.8. The number of rotatable bonds is 2. The Kier molecular flexibility index (Phi) is 3.92. The fraction of sp³-hybridized carbons (Fsp3) is 0.0833. The number of halogens is 3. The second-order valence-electron chi connectivity index (χ2n) is 3.52. The van der Waals surface area contributed by atoms with Gasteiger partial charge in [-0.1, -0.05) is 29.3 Å². The fourth-order valence-corrected chi connectivity index (χ4v) is 2.31. The van der Waals surface area contributed by atoms with Crippen molar-refractivity contribution in [3.63, 3.8) is 0 Å². The zero-order valence-electron chi connectivity index (χ0n) is 8.66. The van der Waals surface area contributed by atoms with Crippen LogP contribution in [0.25, 0.3) is 0 Å². The molecule has 2 rings (SSSR count). The summed E-state index contributed by atoms with van der Waals surface area (Å²) in [4.78, 5) is 11.8. The van der Waals surface area contributed by atoms with Crippen LogP contribution in [0.3, 0.4) is 0 Å². The average molecular weight is 333 g/mol. The molecule has 1 aromatic heterocycles. The van der Waals surface area contributed by atoms with Gasteiger partial charge in [-0.3, -0.25) is 4.79 Å². The summed E-state index contributed by atoms with van der Waals surface area (Å²) >= 11 is 15.1. The molecule has 0 radical (unpaired) electrons. The quantitative estimate of drug-likeness (QED) is 0.815. The molecule has 0 saturated heterocycles. The van der Waals surface area contributed by atoms with Gasteiger partial charge in [0.05, 0.1) is 11.0 Å². The van der Waals surface area contributed by atoms with E-state index in [1.807, 2.05) is 6.07 Å². The molecule has 0 saturated carbocycles. The topological polar surface area (TPSA) is 22.0 Å². The van der Waals surface area contributed by atoms with E-state index in [2.05, 4.69) is 15.9 Å². The van der Waals surface area contributed by atoms with Crippen molar-refractivity contribution in [1.29, 1.82) is 0 Å².